The molecule has 2 N–H and O–H groups in total. The maximum Gasteiger partial charge on any atom is 0.227 e. The van der Waals surface area contributed by atoms with Crippen LogP contribution in [0.5, 0.6) is 0 Å². The Hall–Kier alpha value is -0.610. The number of hydrogen-bond donors (Lipinski definition) is 1. The number of carbonyl (C=O) groups excluding carboxylic acids is 1. The fraction of sp³-hybridized carbons (Fsp3) is 0.933. The Labute approximate surface area is 116 Å². The van der Waals surface area contributed by atoms with E-state index >= 15 is 0 Å². The highest BCUT2D eigenvalue weighted by Crippen LogP contribution is 2.30. The van der Waals surface area contributed by atoms with E-state index in [9.17, 15) is 4.79 Å². The summed E-state index contributed by atoms with van der Waals surface area (Å²) in [7, 11) is 1.90. The van der Waals surface area contributed by atoms with Crippen molar-refractivity contribution in [1.29, 1.82) is 0 Å². The quantitative estimate of drug-likeness (QED) is 0.849. The zero-order valence-electron chi connectivity index (χ0n) is 12.3. The third-order valence-corrected chi connectivity index (χ3v) is 4.68. The van der Waals surface area contributed by atoms with Gasteiger partial charge in [-0.05, 0) is 38.0 Å². The molecular weight excluding hydrogens is 240 g/mol. The van der Waals surface area contributed by atoms with Gasteiger partial charge < -0.3 is 15.4 Å². The normalized spacial score (nSPS) is 35.9. The highest BCUT2D eigenvalue weighted by Gasteiger charge is 2.36. The molecule has 2 aliphatic rings. The number of nitrogens with two attached hydrogens (primary N) is 1. The molecule has 0 aromatic heterocycles. The SMILES string of the molecule is CC1CCCC(N)C1C(=O)N(C)CC1CCCCO1. The first-order valence-corrected chi connectivity index (χ1v) is 7.71. The zero-order chi connectivity index (χ0) is 13.8. The van der Waals surface area contributed by atoms with Gasteiger partial charge in [-0.3, -0.25) is 4.79 Å². The Morgan fingerprint density at radius 1 is 1.26 bits per heavy atom. The van der Waals surface area contributed by atoms with Crippen molar-refractivity contribution in [1.82, 2.24) is 4.90 Å². The molecule has 0 aromatic carbocycles. The standard InChI is InChI=1S/C15H28N2O2/c1-11-6-5-8-13(16)14(11)15(18)17(2)10-12-7-3-4-9-19-12/h11-14H,3-10,16H2,1-2H3. The Kier molecular flexibility index (Phi) is 5.22. The largest absolute Gasteiger partial charge is 0.376 e. The number of amides is 1. The summed E-state index contributed by atoms with van der Waals surface area (Å²) in [4.78, 5) is 14.4. The second kappa shape index (κ2) is 6.71. The first-order chi connectivity index (χ1) is 9.09. The van der Waals surface area contributed by atoms with Crippen molar-refractivity contribution in [2.45, 2.75) is 57.6 Å². The summed E-state index contributed by atoms with van der Waals surface area (Å²) < 4.78 is 5.71. The van der Waals surface area contributed by atoms with Crippen LogP contribution in [0.2, 0.25) is 0 Å². The first-order valence-electron chi connectivity index (χ1n) is 7.71. The molecule has 0 spiro atoms. The van der Waals surface area contributed by atoms with Crippen LogP contribution >= 0.6 is 0 Å². The minimum absolute atomic E-state index is 0.00217. The summed E-state index contributed by atoms with van der Waals surface area (Å²) in [5, 5.41) is 0. The molecule has 4 unspecified atom stereocenters. The van der Waals surface area contributed by atoms with Crippen molar-refractivity contribution in [2.75, 3.05) is 20.2 Å². The van der Waals surface area contributed by atoms with E-state index < -0.39 is 0 Å². The number of nitrogens with zero attached hydrogens (tertiary/aromatic N) is 1. The smallest absolute Gasteiger partial charge is 0.227 e. The lowest BCUT2D eigenvalue weighted by Crippen LogP contribution is -2.49. The van der Waals surface area contributed by atoms with Crippen molar-refractivity contribution in [3.05, 3.63) is 0 Å². The van der Waals surface area contributed by atoms with E-state index in [1.807, 2.05) is 11.9 Å². The van der Waals surface area contributed by atoms with Crippen molar-refractivity contribution < 1.29 is 9.53 Å². The molecule has 19 heavy (non-hydrogen) atoms. The van der Waals surface area contributed by atoms with Gasteiger partial charge in [0.1, 0.15) is 0 Å². The molecule has 1 aliphatic carbocycles. The maximum atomic E-state index is 12.6. The second-order valence-corrected chi connectivity index (χ2v) is 6.31. The van der Waals surface area contributed by atoms with Gasteiger partial charge in [0.15, 0.2) is 0 Å². The van der Waals surface area contributed by atoms with Gasteiger partial charge in [-0.1, -0.05) is 13.3 Å². The van der Waals surface area contributed by atoms with E-state index in [2.05, 4.69) is 6.92 Å². The van der Waals surface area contributed by atoms with E-state index in [0.29, 0.717) is 5.92 Å². The van der Waals surface area contributed by atoms with Crippen LogP contribution in [0.3, 0.4) is 0 Å². The Morgan fingerprint density at radius 2 is 2.05 bits per heavy atom. The molecular formula is C15H28N2O2. The van der Waals surface area contributed by atoms with Gasteiger partial charge in [0, 0.05) is 26.2 Å². The summed E-state index contributed by atoms with van der Waals surface area (Å²) in [5.74, 6) is 0.627. The summed E-state index contributed by atoms with van der Waals surface area (Å²) >= 11 is 0. The lowest BCUT2D eigenvalue weighted by Gasteiger charge is -2.37. The maximum absolute atomic E-state index is 12.6. The van der Waals surface area contributed by atoms with E-state index in [0.717, 1.165) is 45.3 Å². The van der Waals surface area contributed by atoms with Crippen LogP contribution in [-0.4, -0.2) is 43.2 Å². The van der Waals surface area contributed by atoms with Crippen LogP contribution in [0.4, 0.5) is 0 Å². The van der Waals surface area contributed by atoms with E-state index in [1.165, 1.54) is 6.42 Å². The van der Waals surface area contributed by atoms with Gasteiger partial charge in [-0.15, -0.1) is 0 Å². The molecule has 1 heterocycles. The Bertz CT molecular complexity index is 293. The summed E-state index contributed by atoms with van der Waals surface area (Å²) in [6.45, 7) is 3.72. The van der Waals surface area contributed by atoms with Crippen LogP contribution in [0.1, 0.15) is 45.4 Å². The summed E-state index contributed by atoms with van der Waals surface area (Å²) in [6.07, 6.45) is 6.92. The molecule has 0 bridgehead atoms. The van der Waals surface area contributed by atoms with Gasteiger partial charge in [0.2, 0.25) is 5.91 Å². The molecule has 4 nitrogen and oxygen atoms in total. The number of rotatable bonds is 3. The number of likely N-dealkylation sites (N-methyl/N-ethyl adjacent to an activating group) is 1. The lowest BCUT2D eigenvalue weighted by molar-refractivity contribution is -0.140. The molecule has 2 fully saturated rings. The molecule has 2 rings (SSSR count). The van der Waals surface area contributed by atoms with Crippen LogP contribution in [0, 0.1) is 11.8 Å². The van der Waals surface area contributed by atoms with Gasteiger partial charge in [0.05, 0.1) is 12.0 Å². The van der Waals surface area contributed by atoms with Crippen LogP contribution < -0.4 is 5.73 Å². The van der Waals surface area contributed by atoms with Gasteiger partial charge in [-0.25, -0.2) is 0 Å². The second-order valence-electron chi connectivity index (χ2n) is 6.31. The zero-order valence-corrected chi connectivity index (χ0v) is 12.3. The molecule has 1 saturated carbocycles. The number of hydrogen-bond acceptors (Lipinski definition) is 3. The molecule has 0 radical (unpaired) electrons. The van der Waals surface area contributed by atoms with Crippen molar-refractivity contribution in [3.63, 3.8) is 0 Å². The van der Waals surface area contributed by atoms with Gasteiger partial charge in [0.25, 0.3) is 0 Å². The van der Waals surface area contributed by atoms with Crippen LogP contribution in [0.25, 0.3) is 0 Å². The lowest BCUT2D eigenvalue weighted by atomic mass is 9.76. The minimum Gasteiger partial charge on any atom is -0.376 e. The highest BCUT2D eigenvalue weighted by atomic mass is 16.5. The van der Waals surface area contributed by atoms with Gasteiger partial charge in [-0.2, -0.15) is 0 Å². The highest BCUT2D eigenvalue weighted by molar-refractivity contribution is 5.79. The summed E-state index contributed by atoms with van der Waals surface area (Å²) in [6, 6.07) is 0.0333. The Morgan fingerprint density at radius 3 is 2.68 bits per heavy atom. The predicted octanol–water partition coefficient (Wildman–Crippen LogP) is 1.78. The number of ether oxygens (including phenoxy) is 1. The average Bonchev–Trinajstić information content (AvgIpc) is 2.39. The average molecular weight is 268 g/mol. The van der Waals surface area contributed by atoms with Gasteiger partial charge >= 0.3 is 0 Å². The molecule has 1 amide bonds. The molecule has 4 atom stereocenters. The first kappa shape index (κ1) is 14.8. The predicted molar refractivity (Wildman–Crippen MR) is 75.7 cm³/mol. The minimum atomic E-state index is 0.00217. The molecule has 110 valence electrons. The molecule has 0 aromatic rings. The molecule has 4 heteroatoms. The summed E-state index contributed by atoms with van der Waals surface area (Å²) in [5.41, 5.74) is 6.16. The van der Waals surface area contributed by atoms with E-state index in [1.54, 1.807) is 0 Å². The fourth-order valence-corrected chi connectivity index (χ4v) is 3.48. The van der Waals surface area contributed by atoms with Crippen LogP contribution in [0.15, 0.2) is 0 Å². The third-order valence-electron chi connectivity index (χ3n) is 4.68. The van der Waals surface area contributed by atoms with Crippen LogP contribution in [-0.2, 0) is 9.53 Å². The molecule has 1 aliphatic heterocycles. The van der Waals surface area contributed by atoms with Crippen molar-refractivity contribution >= 4 is 5.91 Å². The van der Waals surface area contributed by atoms with E-state index in [4.69, 9.17) is 10.5 Å². The van der Waals surface area contributed by atoms with Crippen molar-refractivity contribution in [3.8, 4) is 0 Å². The van der Waals surface area contributed by atoms with E-state index in [-0.39, 0.29) is 24.0 Å². The third kappa shape index (κ3) is 3.69. The fourth-order valence-electron chi connectivity index (χ4n) is 3.48. The molecule has 1 saturated heterocycles. The monoisotopic (exact) mass is 268 g/mol. The Balaban J connectivity index is 1.89. The topological polar surface area (TPSA) is 55.6 Å². The number of carbonyl (C=O) groups is 1. The van der Waals surface area contributed by atoms with Crippen molar-refractivity contribution in [2.24, 2.45) is 17.6 Å².